The van der Waals surface area contributed by atoms with Gasteiger partial charge < -0.3 is 19.4 Å². The smallest absolute Gasteiger partial charge is 0.255 e. The molecule has 1 amide bonds. The summed E-state index contributed by atoms with van der Waals surface area (Å²) in [4.78, 5) is 19.5. The zero-order chi connectivity index (χ0) is 22.3. The Morgan fingerprint density at radius 2 is 1.59 bits per heavy atom. The number of carbonyl (C=O) groups excluding carboxylic acids is 1. The van der Waals surface area contributed by atoms with Gasteiger partial charge in [-0.15, -0.1) is 0 Å². The van der Waals surface area contributed by atoms with Gasteiger partial charge in [-0.25, -0.2) is 0 Å². The Labute approximate surface area is 200 Å². The highest BCUT2D eigenvalue weighted by atomic mass is 35.5. The normalized spacial score (nSPS) is 17.4. The van der Waals surface area contributed by atoms with Gasteiger partial charge in [-0.05, 0) is 68.8 Å². The number of carbonyl (C=O) groups is 1. The van der Waals surface area contributed by atoms with E-state index in [9.17, 15) is 4.79 Å². The Morgan fingerprint density at radius 1 is 0.875 bits per heavy atom. The molecule has 2 aliphatic rings. The second-order valence-corrected chi connectivity index (χ2v) is 9.26. The number of halogens is 2. The van der Waals surface area contributed by atoms with Crippen LogP contribution in [0.1, 0.15) is 36.0 Å². The average Bonchev–Trinajstić information content (AvgIpc) is 2.84. The minimum absolute atomic E-state index is 0.0644. The van der Waals surface area contributed by atoms with Gasteiger partial charge in [0.1, 0.15) is 5.75 Å². The standard InChI is InChI=1S/C25H31Cl2N3O2/c26-23-7-4-6-22(24(23)27)25(31)30-17-15-29(16-18-30)20-8-10-21(11-9-20)32-19-5-14-28-12-2-1-3-13-28/h4,6-11H,1-3,5,12-19H2. The van der Waals surface area contributed by atoms with Gasteiger partial charge in [-0.1, -0.05) is 35.7 Å². The molecule has 172 valence electrons. The molecule has 7 heteroatoms. The van der Waals surface area contributed by atoms with E-state index < -0.39 is 0 Å². The van der Waals surface area contributed by atoms with Crippen molar-refractivity contribution >= 4 is 34.8 Å². The summed E-state index contributed by atoms with van der Waals surface area (Å²) >= 11 is 12.3. The summed E-state index contributed by atoms with van der Waals surface area (Å²) in [7, 11) is 0. The Bertz CT molecular complexity index is 893. The lowest BCUT2D eigenvalue weighted by molar-refractivity contribution is 0.0747. The molecule has 0 aliphatic carbocycles. The highest BCUT2D eigenvalue weighted by Gasteiger charge is 2.24. The number of nitrogens with zero attached hydrogens (tertiary/aromatic N) is 3. The second kappa shape index (κ2) is 11.3. The van der Waals surface area contributed by atoms with Crippen molar-refractivity contribution in [3.8, 4) is 5.75 Å². The number of benzene rings is 2. The summed E-state index contributed by atoms with van der Waals surface area (Å²) in [6.07, 6.45) is 5.10. The molecule has 32 heavy (non-hydrogen) atoms. The Hall–Kier alpha value is -1.95. The number of hydrogen-bond acceptors (Lipinski definition) is 4. The molecule has 2 heterocycles. The zero-order valence-electron chi connectivity index (χ0n) is 18.4. The van der Waals surface area contributed by atoms with Crippen LogP contribution >= 0.6 is 23.2 Å². The van der Waals surface area contributed by atoms with Gasteiger partial charge in [0.05, 0.1) is 22.2 Å². The van der Waals surface area contributed by atoms with E-state index in [0.717, 1.165) is 44.1 Å². The first-order chi connectivity index (χ1) is 15.6. The van der Waals surface area contributed by atoms with Crippen LogP contribution in [-0.4, -0.2) is 68.1 Å². The van der Waals surface area contributed by atoms with Crippen LogP contribution < -0.4 is 9.64 Å². The van der Waals surface area contributed by atoms with Crippen LogP contribution in [-0.2, 0) is 0 Å². The molecule has 0 radical (unpaired) electrons. The predicted molar refractivity (Wildman–Crippen MR) is 131 cm³/mol. The molecule has 0 N–H and O–H groups in total. The molecule has 0 unspecified atom stereocenters. The molecule has 2 aromatic rings. The molecule has 2 fully saturated rings. The number of ether oxygens (including phenoxy) is 1. The van der Waals surface area contributed by atoms with E-state index in [1.807, 2.05) is 17.0 Å². The summed E-state index contributed by atoms with van der Waals surface area (Å²) in [6.45, 7) is 7.20. The van der Waals surface area contributed by atoms with Crippen LogP contribution in [0.2, 0.25) is 10.0 Å². The predicted octanol–water partition coefficient (Wildman–Crippen LogP) is 5.21. The van der Waals surface area contributed by atoms with Crippen LogP contribution in [0, 0.1) is 0 Å². The van der Waals surface area contributed by atoms with Crippen molar-refractivity contribution in [1.29, 1.82) is 0 Å². The molecule has 0 aromatic heterocycles. The van der Waals surface area contributed by atoms with E-state index in [4.69, 9.17) is 27.9 Å². The van der Waals surface area contributed by atoms with E-state index in [0.29, 0.717) is 28.7 Å². The lowest BCUT2D eigenvalue weighted by atomic mass is 10.1. The zero-order valence-corrected chi connectivity index (χ0v) is 20.0. The highest BCUT2D eigenvalue weighted by Crippen LogP contribution is 2.27. The van der Waals surface area contributed by atoms with Crippen molar-refractivity contribution in [2.45, 2.75) is 25.7 Å². The Morgan fingerprint density at radius 3 is 2.31 bits per heavy atom. The van der Waals surface area contributed by atoms with Gasteiger partial charge in [-0.2, -0.15) is 0 Å². The van der Waals surface area contributed by atoms with Crippen molar-refractivity contribution in [1.82, 2.24) is 9.80 Å². The quantitative estimate of drug-likeness (QED) is 0.514. The lowest BCUT2D eigenvalue weighted by Gasteiger charge is -2.36. The third-order valence-electron chi connectivity index (χ3n) is 6.29. The summed E-state index contributed by atoms with van der Waals surface area (Å²) in [5, 5.41) is 0.734. The molecule has 0 atom stereocenters. The molecule has 5 nitrogen and oxygen atoms in total. The van der Waals surface area contributed by atoms with Gasteiger partial charge >= 0.3 is 0 Å². The van der Waals surface area contributed by atoms with E-state index in [1.54, 1.807) is 18.2 Å². The van der Waals surface area contributed by atoms with Crippen molar-refractivity contribution in [2.75, 3.05) is 57.3 Å². The van der Waals surface area contributed by atoms with Crippen LogP contribution in [0.5, 0.6) is 5.75 Å². The van der Waals surface area contributed by atoms with Gasteiger partial charge in [-0.3, -0.25) is 4.79 Å². The Balaban J connectivity index is 1.22. The number of piperidine rings is 1. The first-order valence-electron chi connectivity index (χ1n) is 11.6. The maximum Gasteiger partial charge on any atom is 0.255 e. The summed E-state index contributed by atoms with van der Waals surface area (Å²) < 4.78 is 5.94. The van der Waals surface area contributed by atoms with Crippen LogP contribution in [0.25, 0.3) is 0 Å². The summed E-state index contributed by atoms with van der Waals surface area (Å²) in [5.41, 5.74) is 1.62. The average molecular weight is 476 g/mol. The third kappa shape index (κ3) is 5.89. The maximum absolute atomic E-state index is 12.8. The fourth-order valence-corrected chi connectivity index (χ4v) is 4.80. The number of amides is 1. The molecular formula is C25H31Cl2N3O2. The first kappa shape index (κ1) is 23.2. The highest BCUT2D eigenvalue weighted by molar-refractivity contribution is 6.43. The fraction of sp³-hybridized carbons (Fsp3) is 0.480. The van der Waals surface area contributed by atoms with Crippen LogP contribution in [0.4, 0.5) is 5.69 Å². The van der Waals surface area contributed by atoms with E-state index in [2.05, 4.69) is 21.9 Å². The van der Waals surface area contributed by atoms with Gasteiger partial charge in [0.25, 0.3) is 5.91 Å². The molecule has 2 saturated heterocycles. The number of rotatable bonds is 7. The largest absolute Gasteiger partial charge is 0.494 e. The number of anilines is 1. The lowest BCUT2D eigenvalue weighted by Crippen LogP contribution is -2.48. The third-order valence-corrected chi connectivity index (χ3v) is 7.11. The van der Waals surface area contributed by atoms with Crippen molar-refractivity contribution in [2.24, 2.45) is 0 Å². The van der Waals surface area contributed by atoms with Crippen molar-refractivity contribution < 1.29 is 9.53 Å². The van der Waals surface area contributed by atoms with Crippen molar-refractivity contribution in [3.05, 3.63) is 58.1 Å². The van der Waals surface area contributed by atoms with Gasteiger partial charge in [0.2, 0.25) is 0 Å². The Kier molecular flexibility index (Phi) is 8.17. The second-order valence-electron chi connectivity index (χ2n) is 8.48. The first-order valence-corrected chi connectivity index (χ1v) is 12.3. The molecule has 0 saturated carbocycles. The maximum atomic E-state index is 12.8. The number of hydrogen-bond donors (Lipinski definition) is 0. The minimum atomic E-state index is -0.0644. The summed E-state index contributed by atoms with van der Waals surface area (Å²) in [5.74, 6) is 0.849. The fourth-order valence-electron chi connectivity index (χ4n) is 4.42. The molecular weight excluding hydrogens is 445 g/mol. The molecule has 0 spiro atoms. The monoisotopic (exact) mass is 475 g/mol. The summed E-state index contributed by atoms with van der Waals surface area (Å²) in [6, 6.07) is 13.5. The molecule has 4 rings (SSSR count). The van der Waals surface area contributed by atoms with E-state index in [-0.39, 0.29) is 5.91 Å². The topological polar surface area (TPSA) is 36.0 Å². The minimum Gasteiger partial charge on any atom is -0.494 e. The van der Waals surface area contributed by atoms with Crippen LogP contribution in [0.3, 0.4) is 0 Å². The molecule has 2 aliphatic heterocycles. The van der Waals surface area contributed by atoms with Gasteiger partial charge in [0, 0.05) is 38.4 Å². The van der Waals surface area contributed by atoms with E-state index >= 15 is 0 Å². The van der Waals surface area contributed by atoms with E-state index in [1.165, 1.54) is 32.4 Å². The van der Waals surface area contributed by atoms with Gasteiger partial charge in [0.15, 0.2) is 0 Å². The number of piperazine rings is 1. The molecule has 2 aromatic carbocycles. The SMILES string of the molecule is O=C(c1cccc(Cl)c1Cl)N1CCN(c2ccc(OCCCN3CCCCC3)cc2)CC1. The number of likely N-dealkylation sites (tertiary alicyclic amines) is 1. The molecule has 0 bridgehead atoms. The van der Waals surface area contributed by atoms with Crippen LogP contribution in [0.15, 0.2) is 42.5 Å². The van der Waals surface area contributed by atoms with Crippen molar-refractivity contribution in [3.63, 3.8) is 0 Å².